The van der Waals surface area contributed by atoms with E-state index in [1.807, 2.05) is 0 Å². The van der Waals surface area contributed by atoms with Crippen molar-refractivity contribution in [2.45, 2.75) is 38.9 Å². The number of fused-ring (bicyclic) bond motifs is 3. The van der Waals surface area contributed by atoms with Gasteiger partial charge in [-0.1, -0.05) is 0 Å². The van der Waals surface area contributed by atoms with Gasteiger partial charge in [0.2, 0.25) is 0 Å². The molecule has 0 bridgehead atoms. The minimum absolute atomic E-state index is 0.267. The molecule has 1 aromatic rings. The number of benzene rings is 1. The smallest absolute Gasteiger partial charge is 0.303 e. The Kier molecular flexibility index (Phi) is 4.20. The molecule has 0 N–H and O–H groups in total. The summed E-state index contributed by atoms with van der Waals surface area (Å²) < 4.78 is 18.2. The molecule has 7 heteroatoms. The molecule has 0 saturated carbocycles. The van der Waals surface area contributed by atoms with E-state index in [2.05, 4.69) is 31.9 Å². The molecule has 118 valence electrons. The number of carbonyl (C=O) groups is 2. The Bertz CT molecular complexity index is 614. The summed E-state index contributed by atoms with van der Waals surface area (Å²) in [6, 6.07) is 0. The highest BCUT2D eigenvalue weighted by molar-refractivity contribution is 9.13. The first-order valence-electron chi connectivity index (χ1n) is 6.91. The minimum Gasteiger partial charge on any atom is -0.488 e. The molecule has 22 heavy (non-hydrogen) atoms. The monoisotopic (exact) mass is 432 g/mol. The molecule has 3 rings (SSSR count). The highest BCUT2D eigenvalue weighted by Crippen LogP contribution is 2.53. The lowest BCUT2D eigenvalue weighted by Gasteiger charge is -2.19. The van der Waals surface area contributed by atoms with Gasteiger partial charge in [0.25, 0.3) is 0 Å². The molecular weight excluding hydrogens is 420 g/mol. The van der Waals surface area contributed by atoms with Crippen molar-refractivity contribution >= 4 is 43.8 Å². The fraction of sp³-hybridized carbons (Fsp3) is 0.467. The molecular formula is C15H14Br2O5. The SMILES string of the molecule is CC(=O)OC1CCc2c(Br)c(Br)c3c(c21)C(OC(C)=O)CO3. The first-order chi connectivity index (χ1) is 10.4. The van der Waals surface area contributed by atoms with Gasteiger partial charge in [0.05, 0.1) is 4.47 Å². The standard InChI is InChI=1S/C15H14Br2O5/c1-6(18)21-9-4-3-8-11(9)12-10(22-7(2)19)5-20-15(12)14(17)13(8)16/h9-10H,3-5H2,1-2H3. The van der Waals surface area contributed by atoms with Gasteiger partial charge < -0.3 is 14.2 Å². The van der Waals surface area contributed by atoms with E-state index in [-0.39, 0.29) is 24.6 Å². The molecule has 0 radical (unpaired) electrons. The van der Waals surface area contributed by atoms with E-state index in [9.17, 15) is 9.59 Å². The lowest BCUT2D eigenvalue weighted by molar-refractivity contribution is -0.149. The van der Waals surface area contributed by atoms with Gasteiger partial charge in [0, 0.05) is 29.4 Å². The van der Waals surface area contributed by atoms with Gasteiger partial charge in [-0.2, -0.15) is 0 Å². The normalized spacial score (nSPS) is 21.8. The Morgan fingerprint density at radius 2 is 1.68 bits per heavy atom. The van der Waals surface area contributed by atoms with E-state index in [4.69, 9.17) is 14.2 Å². The highest BCUT2D eigenvalue weighted by Gasteiger charge is 2.40. The van der Waals surface area contributed by atoms with E-state index in [1.54, 1.807) is 0 Å². The van der Waals surface area contributed by atoms with E-state index < -0.39 is 6.10 Å². The minimum atomic E-state index is -0.471. The quantitative estimate of drug-likeness (QED) is 0.664. The zero-order valence-electron chi connectivity index (χ0n) is 12.1. The fourth-order valence-corrected chi connectivity index (χ4v) is 4.26. The molecule has 0 aromatic heterocycles. The van der Waals surface area contributed by atoms with E-state index in [0.29, 0.717) is 12.2 Å². The van der Waals surface area contributed by atoms with Crippen LogP contribution in [0, 0.1) is 0 Å². The molecule has 1 aliphatic heterocycles. The maximum atomic E-state index is 11.4. The van der Waals surface area contributed by atoms with Gasteiger partial charge in [-0.3, -0.25) is 9.59 Å². The molecule has 1 heterocycles. The molecule has 0 fully saturated rings. The lowest BCUT2D eigenvalue weighted by atomic mass is 9.98. The maximum absolute atomic E-state index is 11.4. The van der Waals surface area contributed by atoms with Crippen LogP contribution in [-0.2, 0) is 25.5 Å². The van der Waals surface area contributed by atoms with Crippen LogP contribution < -0.4 is 4.74 Å². The number of hydrogen-bond acceptors (Lipinski definition) is 5. The predicted octanol–water partition coefficient (Wildman–Crippen LogP) is 3.76. The second-order valence-corrected chi connectivity index (χ2v) is 6.89. The second kappa shape index (κ2) is 5.85. The van der Waals surface area contributed by atoms with E-state index in [1.165, 1.54) is 13.8 Å². The predicted molar refractivity (Wildman–Crippen MR) is 84.7 cm³/mol. The third kappa shape index (κ3) is 2.54. The van der Waals surface area contributed by atoms with Gasteiger partial charge in [0.1, 0.15) is 18.5 Å². The van der Waals surface area contributed by atoms with E-state index >= 15 is 0 Å². The van der Waals surface area contributed by atoms with Gasteiger partial charge in [-0.25, -0.2) is 0 Å². The molecule has 0 spiro atoms. The van der Waals surface area contributed by atoms with Crippen LogP contribution in [-0.4, -0.2) is 18.5 Å². The molecule has 2 aliphatic rings. The molecule has 2 atom stereocenters. The summed E-state index contributed by atoms with van der Waals surface area (Å²) in [4.78, 5) is 22.7. The number of carbonyl (C=O) groups excluding carboxylic acids is 2. The topological polar surface area (TPSA) is 61.8 Å². The second-order valence-electron chi connectivity index (χ2n) is 5.31. The summed E-state index contributed by atoms with van der Waals surface area (Å²) in [7, 11) is 0. The Labute approximate surface area is 144 Å². The Hall–Kier alpha value is -1.08. The summed E-state index contributed by atoms with van der Waals surface area (Å²) in [5, 5.41) is 0. The Morgan fingerprint density at radius 1 is 1.05 bits per heavy atom. The fourth-order valence-electron chi connectivity index (χ4n) is 3.10. The number of ether oxygens (including phenoxy) is 3. The number of hydrogen-bond donors (Lipinski definition) is 0. The van der Waals surface area contributed by atoms with Crippen molar-refractivity contribution in [1.82, 2.24) is 0 Å². The van der Waals surface area contributed by atoms with Crippen molar-refractivity contribution in [1.29, 1.82) is 0 Å². The largest absolute Gasteiger partial charge is 0.488 e. The van der Waals surface area contributed by atoms with Crippen molar-refractivity contribution in [2.24, 2.45) is 0 Å². The number of halogens is 2. The average molecular weight is 434 g/mol. The van der Waals surface area contributed by atoms with Crippen molar-refractivity contribution in [3.63, 3.8) is 0 Å². The Balaban J connectivity index is 2.14. The summed E-state index contributed by atoms with van der Waals surface area (Å²) >= 11 is 7.10. The lowest BCUT2D eigenvalue weighted by Crippen LogP contribution is -2.13. The van der Waals surface area contributed by atoms with Gasteiger partial charge in [0.15, 0.2) is 6.10 Å². The van der Waals surface area contributed by atoms with Crippen molar-refractivity contribution < 1.29 is 23.8 Å². The summed E-state index contributed by atoms with van der Waals surface area (Å²) in [6.45, 7) is 3.03. The third-order valence-electron chi connectivity index (χ3n) is 3.81. The first-order valence-corrected chi connectivity index (χ1v) is 8.49. The molecule has 1 aromatic carbocycles. The third-order valence-corrected chi connectivity index (χ3v) is 5.98. The van der Waals surface area contributed by atoms with Crippen LogP contribution in [0.25, 0.3) is 0 Å². The molecule has 1 aliphatic carbocycles. The molecule has 0 amide bonds. The number of rotatable bonds is 2. The van der Waals surface area contributed by atoms with Crippen LogP contribution in [0.3, 0.4) is 0 Å². The zero-order chi connectivity index (χ0) is 16.0. The summed E-state index contributed by atoms with van der Waals surface area (Å²) in [6.07, 6.45) is 0.697. The summed E-state index contributed by atoms with van der Waals surface area (Å²) in [5.41, 5.74) is 2.78. The average Bonchev–Trinajstić information content (AvgIpc) is 2.99. The van der Waals surface area contributed by atoms with Crippen LogP contribution in [0.5, 0.6) is 5.75 Å². The van der Waals surface area contributed by atoms with Crippen LogP contribution in [0.2, 0.25) is 0 Å². The molecule has 2 unspecified atom stereocenters. The van der Waals surface area contributed by atoms with Crippen LogP contribution in [0.15, 0.2) is 8.95 Å². The first kappa shape index (κ1) is 15.8. The molecule has 5 nitrogen and oxygen atoms in total. The van der Waals surface area contributed by atoms with Crippen LogP contribution in [0.4, 0.5) is 0 Å². The summed E-state index contributed by atoms with van der Waals surface area (Å²) in [5.74, 6) is -0.0409. The highest BCUT2D eigenvalue weighted by atomic mass is 79.9. The zero-order valence-corrected chi connectivity index (χ0v) is 15.2. The van der Waals surface area contributed by atoms with Crippen LogP contribution in [0.1, 0.15) is 49.2 Å². The molecule has 0 saturated heterocycles. The van der Waals surface area contributed by atoms with Crippen molar-refractivity contribution in [3.05, 3.63) is 25.6 Å². The maximum Gasteiger partial charge on any atom is 0.303 e. The van der Waals surface area contributed by atoms with E-state index in [0.717, 1.165) is 32.1 Å². The van der Waals surface area contributed by atoms with Crippen LogP contribution >= 0.6 is 31.9 Å². The number of esters is 2. The van der Waals surface area contributed by atoms with Gasteiger partial charge in [-0.05, 0) is 50.3 Å². The van der Waals surface area contributed by atoms with Crippen molar-refractivity contribution in [2.75, 3.05) is 6.61 Å². The van der Waals surface area contributed by atoms with Gasteiger partial charge in [-0.15, -0.1) is 0 Å². The van der Waals surface area contributed by atoms with Crippen molar-refractivity contribution in [3.8, 4) is 5.75 Å². The Morgan fingerprint density at radius 3 is 2.32 bits per heavy atom. The van der Waals surface area contributed by atoms with Gasteiger partial charge >= 0.3 is 11.9 Å².